The Bertz CT molecular complexity index is 466. The van der Waals surface area contributed by atoms with Gasteiger partial charge in [-0.2, -0.15) is 0 Å². The fourth-order valence-corrected chi connectivity index (χ4v) is 2.72. The van der Waals surface area contributed by atoms with Crippen LogP contribution in [-0.2, 0) is 19.8 Å². The zero-order valence-corrected chi connectivity index (χ0v) is 12.7. The number of carbonyl (C=O) groups is 1. The Balaban J connectivity index is 2.19. The van der Waals surface area contributed by atoms with Gasteiger partial charge in [0.2, 0.25) is 0 Å². The van der Waals surface area contributed by atoms with Gasteiger partial charge in [0.05, 0.1) is 19.8 Å². The van der Waals surface area contributed by atoms with Crippen molar-refractivity contribution in [1.82, 2.24) is 4.90 Å². The first-order valence-electron chi connectivity index (χ1n) is 7.37. The van der Waals surface area contributed by atoms with E-state index in [1.165, 1.54) is 7.11 Å². The Morgan fingerprint density at radius 3 is 2.81 bits per heavy atom. The quantitative estimate of drug-likeness (QED) is 0.824. The standard InChI is InChI=1S/C16H24N2O3/c1-3-14-11-18(9-10-21-14)12-16(17,15(19)20-2)13-7-5-4-6-8-13/h4-8,14H,3,9-12,17H2,1-2H3. The predicted octanol–water partition coefficient (Wildman–Crippen LogP) is 1.12. The molecule has 1 aliphatic rings. The van der Waals surface area contributed by atoms with Gasteiger partial charge in [0.1, 0.15) is 0 Å². The number of rotatable bonds is 5. The third kappa shape index (κ3) is 3.61. The number of esters is 1. The molecule has 2 rings (SSSR count). The van der Waals surface area contributed by atoms with Gasteiger partial charge in [-0.15, -0.1) is 0 Å². The van der Waals surface area contributed by atoms with Crippen LogP contribution < -0.4 is 5.73 Å². The summed E-state index contributed by atoms with van der Waals surface area (Å²) in [5.74, 6) is -0.409. The Hall–Kier alpha value is -1.43. The van der Waals surface area contributed by atoms with E-state index in [-0.39, 0.29) is 6.10 Å². The third-order valence-corrected chi connectivity index (χ3v) is 3.99. The summed E-state index contributed by atoms with van der Waals surface area (Å²) in [5.41, 5.74) is 6.06. The molecule has 2 atom stereocenters. The van der Waals surface area contributed by atoms with Crippen LogP contribution in [0.1, 0.15) is 18.9 Å². The van der Waals surface area contributed by atoms with E-state index < -0.39 is 11.5 Å². The number of ether oxygens (including phenoxy) is 2. The van der Waals surface area contributed by atoms with Gasteiger partial charge in [-0.05, 0) is 12.0 Å². The summed E-state index contributed by atoms with van der Waals surface area (Å²) < 4.78 is 10.6. The van der Waals surface area contributed by atoms with Gasteiger partial charge < -0.3 is 15.2 Å². The Labute approximate surface area is 126 Å². The molecule has 1 aromatic carbocycles. The van der Waals surface area contributed by atoms with Crippen LogP contribution in [0.15, 0.2) is 30.3 Å². The van der Waals surface area contributed by atoms with Crippen molar-refractivity contribution in [1.29, 1.82) is 0 Å². The minimum Gasteiger partial charge on any atom is -0.467 e. The fourth-order valence-electron chi connectivity index (χ4n) is 2.72. The summed E-state index contributed by atoms with van der Waals surface area (Å²) in [6, 6.07) is 9.41. The zero-order chi connectivity index (χ0) is 15.3. The van der Waals surface area contributed by atoms with Gasteiger partial charge in [0.15, 0.2) is 5.54 Å². The first-order valence-corrected chi connectivity index (χ1v) is 7.37. The van der Waals surface area contributed by atoms with E-state index in [0.717, 1.165) is 25.1 Å². The number of hydrogen-bond acceptors (Lipinski definition) is 5. The van der Waals surface area contributed by atoms with Crippen LogP contribution in [0.3, 0.4) is 0 Å². The molecule has 2 unspecified atom stereocenters. The van der Waals surface area contributed by atoms with Crippen LogP contribution >= 0.6 is 0 Å². The molecular formula is C16H24N2O3. The summed E-state index contributed by atoms with van der Waals surface area (Å²) >= 11 is 0. The van der Waals surface area contributed by atoms with E-state index in [1.54, 1.807) is 0 Å². The highest BCUT2D eigenvalue weighted by atomic mass is 16.5. The minimum absolute atomic E-state index is 0.205. The lowest BCUT2D eigenvalue weighted by Gasteiger charge is -2.38. The molecule has 0 radical (unpaired) electrons. The molecular weight excluding hydrogens is 268 g/mol. The number of morpholine rings is 1. The van der Waals surface area contributed by atoms with Crippen LogP contribution in [0.2, 0.25) is 0 Å². The predicted molar refractivity (Wildman–Crippen MR) is 80.8 cm³/mol. The molecule has 0 bridgehead atoms. The summed E-state index contributed by atoms with van der Waals surface area (Å²) in [7, 11) is 1.38. The molecule has 0 spiro atoms. The number of nitrogens with two attached hydrogens (primary N) is 1. The maximum absolute atomic E-state index is 12.3. The maximum Gasteiger partial charge on any atom is 0.331 e. The highest BCUT2D eigenvalue weighted by molar-refractivity contribution is 5.82. The lowest BCUT2D eigenvalue weighted by atomic mass is 9.90. The van der Waals surface area contributed by atoms with E-state index in [9.17, 15) is 4.79 Å². The Morgan fingerprint density at radius 2 is 2.19 bits per heavy atom. The van der Waals surface area contributed by atoms with Crippen LogP contribution in [-0.4, -0.2) is 50.3 Å². The van der Waals surface area contributed by atoms with Crippen molar-refractivity contribution in [2.45, 2.75) is 25.0 Å². The zero-order valence-electron chi connectivity index (χ0n) is 12.7. The largest absolute Gasteiger partial charge is 0.467 e. The molecule has 1 heterocycles. The van der Waals surface area contributed by atoms with Gasteiger partial charge in [-0.25, -0.2) is 4.79 Å². The average molecular weight is 292 g/mol. The highest BCUT2D eigenvalue weighted by Crippen LogP contribution is 2.23. The molecule has 116 valence electrons. The normalized spacial score (nSPS) is 22.5. The smallest absolute Gasteiger partial charge is 0.331 e. The average Bonchev–Trinajstić information content (AvgIpc) is 2.54. The SMILES string of the molecule is CCC1CN(CC(N)(C(=O)OC)c2ccccc2)CCO1. The highest BCUT2D eigenvalue weighted by Gasteiger charge is 2.39. The number of hydrogen-bond donors (Lipinski definition) is 1. The molecule has 1 aliphatic heterocycles. The minimum atomic E-state index is -1.15. The fraction of sp³-hybridized carbons (Fsp3) is 0.562. The molecule has 0 aliphatic carbocycles. The molecule has 1 fully saturated rings. The molecule has 1 saturated heterocycles. The molecule has 0 saturated carbocycles. The molecule has 5 heteroatoms. The second-order valence-corrected chi connectivity index (χ2v) is 5.47. The second-order valence-electron chi connectivity index (χ2n) is 5.47. The first kappa shape index (κ1) is 15.9. The van der Waals surface area contributed by atoms with Gasteiger partial charge >= 0.3 is 5.97 Å². The van der Waals surface area contributed by atoms with E-state index in [0.29, 0.717) is 13.2 Å². The topological polar surface area (TPSA) is 64.8 Å². The summed E-state index contributed by atoms with van der Waals surface area (Å²) in [6.45, 7) is 4.77. The summed E-state index contributed by atoms with van der Waals surface area (Å²) in [4.78, 5) is 14.4. The van der Waals surface area contributed by atoms with E-state index in [4.69, 9.17) is 15.2 Å². The van der Waals surface area contributed by atoms with Crippen molar-refractivity contribution in [3.8, 4) is 0 Å². The number of methoxy groups -OCH3 is 1. The summed E-state index contributed by atoms with van der Waals surface area (Å²) in [6.07, 6.45) is 1.16. The van der Waals surface area contributed by atoms with Crippen molar-refractivity contribution in [3.05, 3.63) is 35.9 Å². The summed E-state index contributed by atoms with van der Waals surface area (Å²) in [5, 5.41) is 0. The lowest BCUT2D eigenvalue weighted by Crippen LogP contribution is -2.56. The lowest BCUT2D eigenvalue weighted by molar-refractivity contribution is -0.149. The van der Waals surface area contributed by atoms with Crippen LogP contribution in [0.4, 0.5) is 0 Å². The third-order valence-electron chi connectivity index (χ3n) is 3.99. The van der Waals surface area contributed by atoms with E-state index in [2.05, 4.69) is 11.8 Å². The van der Waals surface area contributed by atoms with Crippen molar-refractivity contribution in [2.24, 2.45) is 5.73 Å². The van der Waals surface area contributed by atoms with Gasteiger partial charge in [-0.3, -0.25) is 4.90 Å². The van der Waals surface area contributed by atoms with E-state index >= 15 is 0 Å². The molecule has 21 heavy (non-hydrogen) atoms. The van der Waals surface area contributed by atoms with Gasteiger partial charge in [-0.1, -0.05) is 37.3 Å². The van der Waals surface area contributed by atoms with Crippen molar-refractivity contribution in [2.75, 3.05) is 33.4 Å². The molecule has 0 aromatic heterocycles. The van der Waals surface area contributed by atoms with Gasteiger partial charge in [0, 0.05) is 19.6 Å². The van der Waals surface area contributed by atoms with Crippen molar-refractivity contribution >= 4 is 5.97 Å². The first-order chi connectivity index (χ1) is 10.1. The number of nitrogens with zero attached hydrogens (tertiary/aromatic N) is 1. The van der Waals surface area contributed by atoms with Crippen molar-refractivity contribution in [3.63, 3.8) is 0 Å². The number of carbonyl (C=O) groups excluding carboxylic acids is 1. The molecule has 5 nitrogen and oxygen atoms in total. The molecule has 2 N–H and O–H groups in total. The van der Waals surface area contributed by atoms with Gasteiger partial charge in [0.25, 0.3) is 0 Å². The molecule has 1 aromatic rings. The van der Waals surface area contributed by atoms with E-state index in [1.807, 2.05) is 30.3 Å². The molecule has 0 amide bonds. The van der Waals surface area contributed by atoms with Crippen LogP contribution in [0.25, 0.3) is 0 Å². The number of benzene rings is 1. The monoisotopic (exact) mass is 292 g/mol. The second kappa shape index (κ2) is 7.02. The van der Waals surface area contributed by atoms with Crippen molar-refractivity contribution < 1.29 is 14.3 Å². The van der Waals surface area contributed by atoms with Crippen LogP contribution in [0.5, 0.6) is 0 Å². The van der Waals surface area contributed by atoms with Crippen LogP contribution in [0, 0.1) is 0 Å². The Kier molecular flexibility index (Phi) is 5.33. The Morgan fingerprint density at radius 1 is 1.48 bits per heavy atom. The maximum atomic E-state index is 12.3.